The third kappa shape index (κ3) is 4.79. The molecule has 0 atom stereocenters. The van der Waals surface area contributed by atoms with E-state index in [1.54, 1.807) is 7.11 Å². The molecule has 0 bridgehead atoms. The zero-order chi connectivity index (χ0) is 17.4. The van der Waals surface area contributed by atoms with Gasteiger partial charge in [-0.25, -0.2) is 0 Å². The van der Waals surface area contributed by atoms with Crippen LogP contribution in [-0.2, 0) is 19.8 Å². The van der Waals surface area contributed by atoms with Crippen LogP contribution in [0.3, 0.4) is 0 Å². The maximum Gasteiger partial charge on any atom is 0.246 e. The molecule has 0 unspecified atom stereocenters. The number of benzene rings is 1. The number of carbonyl (C=O) groups is 1. The number of carbonyl (C=O) groups excluding carboxylic acids is 1. The van der Waals surface area contributed by atoms with E-state index < -0.39 is 0 Å². The van der Waals surface area contributed by atoms with Gasteiger partial charge in [0.15, 0.2) is 0 Å². The number of rotatable bonds is 8. The fraction of sp³-hybridized carbons (Fsp3) is 0.632. The molecule has 1 aromatic carbocycles. The summed E-state index contributed by atoms with van der Waals surface area (Å²) in [5.41, 5.74) is 1.43. The normalized spacial score (nSPS) is 24.1. The lowest BCUT2D eigenvalue weighted by atomic mass is 9.74. The van der Waals surface area contributed by atoms with Crippen LogP contribution in [-0.4, -0.2) is 57.9 Å². The third-order valence-corrected chi connectivity index (χ3v) is 5.01. The van der Waals surface area contributed by atoms with Crippen molar-refractivity contribution in [3.8, 4) is 0 Å². The molecule has 0 spiro atoms. The minimum Gasteiger partial charge on any atom is -0.382 e. The van der Waals surface area contributed by atoms with Crippen LogP contribution < -0.4 is 5.32 Å². The molecule has 134 valence electrons. The number of hydrogen-bond acceptors (Lipinski definition) is 4. The van der Waals surface area contributed by atoms with Crippen LogP contribution >= 0.6 is 0 Å². The summed E-state index contributed by atoms with van der Waals surface area (Å²) in [6.07, 6.45) is 4.05. The molecular weight excluding hydrogens is 304 g/mol. The summed E-state index contributed by atoms with van der Waals surface area (Å²) < 4.78 is 10.2. The van der Waals surface area contributed by atoms with Gasteiger partial charge in [-0.1, -0.05) is 30.3 Å². The Labute approximate surface area is 145 Å². The molecule has 0 saturated heterocycles. The van der Waals surface area contributed by atoms with Crippen molar-refractivity contribution in [2.75, 3.05) is 41.0 Å². The standard InChI is InChI=1S/C19H30N2O3/c1-21(2)19(16-7-5-4-6-8-16)11-9-17(10-12-19)20-18(22)15-24-14-13-23-3/h4-8,17H,9-15H2,1-3H3,(H,20,22). The van der Waals surface area contributed by atoms with Crippen molar-refractivity contribution in [2.45, 2.75) is 37.3 Å². The lowest BCUT2D eigenvalue weighted by molar-refractivity contribution is -0.127. The van der Waals surface area contributed by atoms with Gasteiger partial charge < -0.3 is 14.8 Å². The fourth-order valence-electron chi connectivity index (χ4n) is 3.56. The molecule has 0 heterocycles. The Kier molecular flexibility index (Phi) is 7.21. The summed E-state index contributed by atoms with van der Waals surface area (Å²) in [5.74, 6) is -0.0341. The molecule has 0 aromatic heterocycles. The van der Waals surface area contributed by atoms with Crippen molar-refractivity contribution in [1.29, 1.82) is 0 Å². The predicted octanol–water partition coefficient (Wildman–Crippen LogP) is 2.17. The van der Waals surface area contributed by atoms with E-state index in [-0.39, 0.29) is 24.1 Å². The second kappa shape index (κ2) is 9.16. The van der Waals surface area contributed by atoms with Crippen LogP contribution in [0.2, 0.25) is 0 Å². The van der Waals surface area contributed by atoms with E-state index in [4.69, 9.17) is 9.47 Å². The molecule has 2 rings (SSSR count). The van der Waals surface area contributed by atoms with Gasteiger partial charge in [-0.15, -0.1) is 0 Å². The molecule has 24 heavy (non-hydrogen) atoms. The molecule has 1 N–H and O–H groups in total. The van der Waals surface area contributed by atoms with Crippen molar-refractivity contribution in [3.05, 3.63) is 35.9 Å². The van der Waals surface area contributed by atoms with E-state index in [1.165, 1.54) is 5.56 Å². The fourth-order valence-corrected chi connectivity index (χ4v) is 3.56. The molecule has 1 amide bonds. The molecule has 5 heteroatoms. The van der Waals surface area contributed by atoms with Gasteiger partial charge in [0.2, 0.25) is 5.91 Å². The molecule has 1 aliphatic carbocycles. The average Bonchev–Trinajstić information content (AvgIpc) is 2.60. The molecule has 0 aliphatic heterocycles. The van der Waals surface area contributed by atoms with Gasteiger partial charge in [-0.3, -0.25) is 9.69 Å². The van der Waals surface area contributed by atoms with Gasteiger partial charge in [0.1, 0.15) is 6.61 Å². The number of methoxy groups -OCH3 is 1. The largest absolute Gasteiger partial charge is 0.382 e. The second-order valence-electron chi connectivity index (χ2n) is 6.68. The zero-order valence-corrected chi connectivity index (χ0v) is 15.1. The second-order valence-corrected chi connectivity index (χ2v) is 6.68. The minimum absolute atomic E-state index is 0.0341. The van der Waals surface area contributed by atoms with E-state index in [2.05, 4.69) is 54.6 Å². The Hall–Kier alpha value is -1.43. The Morgan fingerprint density at radius 3 is 2.46 bits per heavy atom. The van der Waals surface area contributed by atoms with Crippen LogP contribution in [0.5, 0.6) is 0 Å². The summed E-state index contributed by atoms with van der Waals surface area (Å²) in [4.78, 5) is 14.3. The van der Waals surface area contributed by atoms with E-state index in [1.807, 2.05) is 0 Å². The average molecular weight is 334 g/mol. The molecular formula is C19H30N2O3. The molecule has 0 radical (unpaired) electrons. The first kappa shape index (κ1) is 18.9. The quantitative estimate of drug-likeness (QED) is 0.740. The Morgan fingerprint density at radius 1 is 1.21 bits per heavy atom. The Bertz CT molecular complexity index is 497. The van der Waals surface area contributed by atoms with Gasteiger partial charge in [0.05, 0.1) is 13.2 Å². The lowest BCUT2D eigenvalue weighted by Crippen LogP contribution is -2.49. The van der Waals surface area contributed by atoms with E-state index in [0.717, 1.165) is 25.7 Å². The van der Waals surface area contributed by atoms with Crippen LogP contribution in [0.15, 0.2) is 30.3 Å². The smallest absolute Gasteiger partial charge is 0.246 e. The van der Waals surface area contributed by atoms with Crippen molar-refractivity contribution in [3.63, 3.8) is 0 Å². The first-order valence-electron chi connectivity index (χ1n) is 8.67. The van der Waals surface area contributed by atoms with E-state index in [0.29, 0.717) is 13.2 Å². The van der Waals surface area contributed by atoms with Gasteiger partial charge in [0, 0.05) is 18.7 Å². The van der Waals surface area contributed by atoms with Gasteiger partial charge in [-0.2, -0.15) is 0 Å². The van der Waals surface area contributed by atoms with Gasteiger partial charge >= 0.3 is 0 Å². The minimum atomic E-state index is -0.0341. The number of amides is 1. The molecule has 1 aliphatic rings. The highest BCUT2D eigenvalue weighted by molar-refractivity contribution is 5.77. The topological polar surface area (TPSA) is 50.8 Å². The summed E-state index contributed by atoms with van der Waals surface area (Å²) in [6, 6.07) is 10.9. The molecule has 5 nitrogen and oxygen atoms in total. The van der Waals surface area contributed by atoms with Crippen LogP contribution in [0.25, 0.3) is 0 Å². The van der Waals surface area contributed by atoms with E-state index in [9.17, 15) is 4.79 Å². The molecule has 1 saturated carbocycles. The molecule has 1 aromatic rings. The Morgan fingerprint density at radius 2 is 1.88 bits per heavy atom. The summed E-state index contributed by atoms with van der Waals surface area (Å²) in [6.45, 7) is 1.07. The van der Waals surface area contributed by atoms with Crippen molar-refractivity contribution >= 4 is 5.91 Å². The monoisotopic (exact) mass is 334 g/mol. The summed E-state index contributed by atoms with van der Waals surface area (Å²) in [5, 5.41) is 3.10. The predicted molar refractivity (Wildman–Crippen MR) is 94.9 cm³/mol. The van der Waals surface area contributed by atoms with Crippen molar-refractivity contribution in [1.82, 2.24) is 10.2 Å². The number of ether oxygens (including phenoxy) is 2. The van der Waals surface area contributed by atoms with Gasteiger partial charge in [-0.05, 0) is 45.3 Å². The zero-order valence-electron chi connectivity index (χ0n) is 15.1. The van der Waals surface area contributed by atoms with E-state index >= 15 is 0 Å². The van der Waals surface area contributed by atoms with Crippen LogP contribution in [0.1, 0.15) is 31.2 Å². The lowest BCUT2D eigenvalue weighted by Gasteiger charge is -2.45. The van der Waals surface area contributed by atoms with Crippen LogP contribution in [0, 0.1) is 0 Å². The first-order valence-corrected chi connectivity index (χ1v) is 8.67. The molecule has 1 fully saturated rings. The third-order valence-electron chi connectivity index (χ3n) is 5.01. The van der Waals surface area contributed by atoms with Crippen LogP contribution in [0.4, 0.5) is 0 Å². The highest BCUT2D eigenvalue weighted by atomic mass is 16.5. The van der Waals surface area contributed by atoms with Gasteiger partial charge in [0.25, 0.3) is 0 Å². The Balaban J connectivity index is 1.86. The summed E-state index contributed by atoms with van der Waals surface area (Å²) in [7, 11) is 5.92. The number of nitrogens with zero attached hydrogens (tertiary/aromatic N) is 1. The van der Waals surface area contributed by atoms with Crippen molar-refractivity contribution < 1.29 is 14.3 Å². The first-order chi connectivity index (χ1) is 11.6. The maximum atomic E-state index is 12.0. The highest BCUT2D eigenvalue weighted by Gasteiger charge is 2.38. The highest BCUT2D eigenvalue weighted by Crippen LogP contribution is 2.40. The summed E-state index contributed by atoms with van der Waals surface area (Å²) >= 11 is 0. The van der Waals surface area contributed by atoms with Crippen molar-refractivity contribution in [2.24, 2.45) is 0 Å². The number of hydrogen-bond donors (Lipinski definition) is 1. The number of nitrogens with one attached hydrogen (secondary N) is 1. The SMILES string of the molecule is COCCOCC(=O)NC1CCC(c2ccccc2)(N(C)C)CC1. The maximum absolute atomic E-state index is 12.0.